The molecule has 0 amide bonds. The molecule has 2 rings (SSSR count). The van der Waals surface area contributed by atoms with Crippen molar-refractivity contribution in [2.24, 2.45) is 0 Å². The summed E-state index contributed by atoms with van der Waals surface area (Å²) in [7, 11) is 0. The van der Waals surface area contributed by atoms with Gasteiger partial charge in [-0.3, -0.25) is 0 Å². The average molecular weight is 328 g/mol. The number of thioether (sulfide) groups is 2. The summed E-state index contributed by atoms with van der Waals surface area (Å²) in [6.45, 7) is 9.58. The van der Waals surface area contributed by atoms with Gasteiger partial charge in [0.25, 0.3) is 0 Å². The van der Waals surface area contributed by atoms with Gasteiger partial charge in [0.1, 0.15) is 5.82 Å². The molecule has 1 aliphatic rings. The third kappa shape index (κ3) is 4.40. The fraction of sp³-hybridized carbons (Fsp3) is 0.647. The van der Waals surface area contributed by atoms with E-state index in [1.165, 1.54) is 0 Å². The highest BCUT2D eigenvalue weighted by Gasteiger charge is 2.32. The molecule has 118 valence electrons. The number of rotatable bonds is 5. The molecule has 1 aliphatic heterocycles. The predicted octanol–water partition coefficient (Wildman–Crippen LogP) is 4.80. The Labute approximate surface area is 136 Å². The van der Waals surface area contributed by atoms with Crippen molar-refractivity contribution < 1.29 is 4.39 Å². The van der Waals surface area contributed by atoms with Gasteiger partial charge in [0.2, 0.25) is 0 Å². The van der Waals surface area contributed by atoms with Crippen molar-refractivity contribution in [1.29, 1.82) is 0 Å². The molecule has 4 atom stereocenters. The lowest BCUT2D eigenvalue weighted by Gasteiger charge is -2.36. The molecule has 0 aliphatic carbocycles. The minimum absolute atomic E-state index is 0.0920. The number of aryl methyl sites for hydroxylation is 1. The molecule has 1 aromatic rings. The molecule has 0 aromatic heterocycles. The monoisotopic (exact) mass is 327 g/mol. The molecule has 4 heteroatoms. The van der Waals surface area contributed by atoms with Crippen LogP contribution in [0.15, 0.2) is 18.2 Å². The first-order valence-corrected chi connectivity index (χ1v) is 9.78. The van der Waals surface area contributed by atoms with Crippen LogP contribution in [0.1, 0.15) is 44.4 Å². The summed E-state index contributed by atoms with van der Waals surface area (Å²) in [4.78, 5) is 0. The Morgan fingerprint density at radius 3 is 2.71 bits per heavy atom. The quantitative estimate of drug-likeness (QED) is 0.834. The van der Waals surface area contributed by atoms with Crippen molar-refractivity contribution in [3.05, 3.63) is 35.1 Å². The van der Waals surface area contributed by atoms with Gasteiger partial charge in [-0.25, -0.2) is 4.39 Å². The molecule has 1 N–H and O–H groups in total. The van der Waals surface area contributed by atoms with E-state index in [1.807, 2.05) is 24.8 Å². The van der Waals surface area contributed by atoms with Crippen molar-refractivity contribution in [3.63, 3.8) is 0 Å². The van der Waals surface area contributed by atoms with Crippen molar-refractivity contribution in [2.45, 2.75) is 55.9 Å². The third-order valence-electron chi connectivity index (χ3n) is 4.11. The Kier molecular flexibility index (Phi) is 6.45. The summed E-state index contributed by atoms with van der Waals surface area (Å²) in [5, 5.41) is 5.50. The largest absolute Gasteiger partial charge is 0.309 e. The molecule has 4 unspecified atom stereocenters. The smallest absolute Gasteiger partial charge is 0.126 e. The van der Waals surface area contributed by atoms with Gasteiger partial charge < -0.3 is 5.32 Å². The number of hydrogen-bond acceptors (Lipinski definition) is 3. The predicted molar refractivity (Wildman–Crippen MR) is 94.9 cm³/mol. The Morgan fingerprint density at radius 1 is 1.33 bits per heavy atom. The Balaban J connectivity index is 2.19. The van der Waals surface area contributed by atoms with Crippen molar-refractivity contribution >= 4 is 23.5 Å². The first-order valence-electron chi connectivity index (χ1n) is 7.79. The summed E-state index contributed by atoms with van der Waals surface area (Å²) in [5.74, 6) is 1.04. The summed E-state index contributed by atoms with van der Waals surface area (Å²) in [5.41, 5.74) is 1.81. The molecule has 21 heavy (non-hydrogen) atoms. The van der Waals surface area contributed by atoms with Crippen LogP contribution < -0.4 is 5.32 Å². The fourth-order valence-electron chi connectivity index (χ4n) is 2.55. The lowest BCUT2D eigenvalue weighted by molar-refractivity contribution is 0.522. The van der Waals surface area contributed by atoms with Gasteiger partial charge in [0.15, 0.2) is 0 Å². The number of hydrogen-bond donors (Lipinski definition) is 1. The van der Waals surface area contributed by atoms with E-state index in [-0.39, 0.29) is 11.9 Å². The average Bonchev–Trinajstić information content (AvgIpc) is 2.46. The molecule has 0 radical (unpaired) electrons. The molecule has 0 spiro atoms. The molecule has 1 nitrogen and oxygen atoms in total. The van der Waals surface area contributed by atoms with E-state index in [4.69, 9.17) is 0 Å². The first-order chi connectivity index (χ1) is 10.0. The summed E-state index contributed by atoms with van der Waals surface area (Å²) < 4.78 is 13.9. The fourth-order valence-corrected chi connectivity index (χ4v) is 5.67. The number of nitrogens with one attached hydrogen (secondary N) is 1. The van der Waals surface area contributed by atoms with Crippen molar-refractivity contribution in [1.82, 2.24) is 5.32 Å². The summed E-state index contributed by atoms with van der Waals surface area (Å²) in [6, 6.07) is 5.95. The van der Waals surface area contributed by atoms with Crippen LogP contribution in [0.25, 0.3) is 0 Å². The Morgan fingerprint density at radius 2 is 2.10 bits per heavy atom. The van der Waals surface area contributed by atoms with Gasteiger partial charge in [-0.1, -0.05) is 32.9 Å². The molecule has 0 saturated carbocycles. The molecule has 1 aromatic carbocycles. The van der Waals surface area contributed by atoms with E-state index in [9.17, 15) is 4.39 Å². The second-order valence-corrected chi connectivity index (χ2v) is 8.89. The summed E-state index contributed by atoms with van der Waals surface area (Å²) >= 11 is 4.10. The van der Waals surface area contributed by atoms with Gasteiger partial charge in [-0.05, 0) is 37.1 Å². The molecule has 1 heterocycles. The molecule has 1 saturated heterocycles. The van der Waals surface area contributed by atoms with Crippen molar-refractivity contribution in [3.8, 4) is 0 Å². The molecular weight excluding hydrogens is 301 g/mol. The zero-order valence-electron chi connectivity index (χ0n) is 13.4. The van der Waals surface area contributed by atoms with Gasteiger partial charge in [0, 0.05) is 27.5 Å². The second-order valence-electron chi connectivity index (χ2n) is 5.86. The Hall–Kier alpha value is -0.190. The Bertz CT molecular complexity index is 466. The van der Waals surface area contributed by atoms with Crippen LogP contribution in [0.3, 0.4) is 0 Å². The highest BCUT2D eigenvalue weighted by atomic mass is 32.2. The van der Waals surface area contributed by atoms with Gasteiger partial charge in [-0.2, -0.15) is 23.5 Å². The number of halogens is 1. The maximum atomic E-state index is 13.9. The first kappa shape index (κ1) is 17.2. The third-order valence-corrected chi connectivity index (χ3v) is 7.61. The van der Waals surface area contributed by atoms with Gasteiger partial charge in [-0.15, -0.1) is 0 Å². The van der Waals surface area contributed by atoms with Crippen LogP contribution in [0.4, 0.5) is 4.39 Å². The molecular formula is C17H26FNS2. The topological polar surface area (TPSA) is 12.0 Å². The van der Waals surface area contributed by atoms with E-state index in [0.29, 0.717) is 15.7 Å². The van der Waals surface area contributed by atoms with Crippen LogP contribution in [0.5, 0.6) is 0 Å². The van der Waals surface area contributed by atoms with E-state index in [0.717, 1.165) is 29.8 Å². The standard InChI is InChI=1S/C17H26FNS2/c1-5-8-19-17(14-7-6-11(2)15(18)9-14)16-10-20-12(3)13(4)21-16/h6-7,9,12-13,16-17,19H,5,8,10H2,1-4H3. The van der Waals surface area contributed by atoms with Gasteiger partial charge >= 0.3 is 0 Å². The maximum Gasteiger partial charge on any atom is 0.126 e. The van der Waals surface area contributed by atoms with Gasteiger partial charge in [0.05, 0.1) is 0 Å². The van der Waals surface area contributed by atoms with E-state index >= 15 is 0 Å². The highest BCUT2D eigenvalue weighted by molar-refractivity contribution is 8.07. The zero-order chi connectivity index (χ0) is 15.4. The van der Waals surface area contributed by atoms with Crippen LogP contribution in [0.2, 0.25) is 0 Å². The van der Waals surface area contributed by atoms with Crippen LogP contribution in [0, 0.1) is 12.7 Å². The summed E-state index contributed by atoms with van der Waals surface area (Å²) in [6.07, 6.45) is 1.10. The van der Waals surface area contributed by atoms with E-state index < -0.39 is 0 Å². The van der Waals surface area contributed by atoms with E-state index in [1.54, 1.807) is 6.07 Å². The SMILES string of the molecule is CCCNC(c1ccc(C)c(F)c1)C1CSC(C)C(C)S1. The van der Waals surface area contributed by atoms with Crippen molar-refractivity contribution in [2.75, 3.05) is 12.3 Å². The maximum absolute atomic E-state index is 13.9. The normalized spacial score (nSPS) is 27.6. The van der Waals surface area contributed by atoms with E-state index in [2.05, 4.69) is 43.9 Å². The number of benzene rings is 1. The van der Waals surface area contributed by atoms with Crippen LogP contribution in [-0.2, 0) is 0 Å². The molecule has 0 bridgehead atoms. The molecule has 1 fully saturated rings. The second kappa shape index (κ2) is 7.89. The lowest BCUT2D eigenvalue weighted by atomic mass is 10.0. The van der Waals surface area contributed by atoms with Crippen LogP contribution >= 0.6 is 23.5 Å². The zero-order valence-corrected chi connectivity index (χ0v) is 15.0. The minimum Gasteiger partial charge on any atom is -0.309 e. The highest BCUT2D eigenvalue weighted by Crippen LogP contribution is 2.41. The lowest BCUT2D eigenvalue weighted by Crippen LogP contribution is -2.37. The minimum atomic E-state index is -0.0920. The van der Waals surface area contributed by atoms with Crippen LogP contribution in [-0.4, -0.2) is 28.0 Å².